The molecule has 2 rings (SSSR count). The van der Waals surface area contributed by atoms with Crippen molar-refractivity contribution in [3.8, 4) is 5.75 Å². The van der Waals surface area contributed by atoms with Gasteiger partial charge in [0.05, 0.1) is 10.7 Å². The number of phenolic OH excluding ortho intramolecular Hbond substituents is 1. The predicted molar refractivity (Wildman–Crippen MR) is 71.9 cm³/mol. The summed E-state index contributed by atoms with van der Waals surface area (Å²) in [4.78, 5) is 0. The fraction of sp³-hybridized carbons (Fsp3) is 0.0769. The molecule has 2 aromatic rings. The number of hydrogen-bond acceptors (Lipinski definition) is 2. The monoisotopic (exact) mass is 267 g/mol. The highest BCUT2D eigenvalue weighted by atomic mass is 35.5. The molecule has 0 bridgehead atoms. The van der Waals surface area contributed by atoms with Crippen molar-refractivity contribution in [1.82, 2.24) is 0 Å². The lowest BCUT2D eigenvalue weighted by Gasteiger charge is -2.08. The number of anilines is 1. The van der Waals surface area contributed by atoms with E-state index in [1.807, 2.05) is 18.2 Å². The summed E-state index contributed by atoms with van der Waals surface area (Å²) in [5.74, 6) is 0.262. The number of aromatic hydroxyl groups is 1. The third kappa shape index (κ3) is 3.29. The zero-order valence-electron chi connectivity index (χ0n) is 8.95. The Morgan fingerprint density at radius 3 is 2.35 bits per heavy atom. The fourth-order valence-corrected chi connectivity index (χ4v) is 1.92. The Bertz CT molecular complexity index is 511. The summed E-state index contributed by atoms with van der Waals surface area (Å²) in [6, 6.07) is 12.3. The lowest BCUT2D eigenvalue weighted by Crippen LogP contribution is -1.99. The Morgan fingerprint density at radius 1 is 1.00 bits per heavy atom. The third-order valence-electron chi connectivity index (χ3n) is 2.35. The minimum absolute atomic E-state index is 0.262. The van der Waals surface area contributed by atoms with E-state index in [-0.39, 0.29) is 5.75 Å². The Labute approximate surface area is 110 Å². The highest BCUT2D eigenvalue weighted by Gasteiger charge is 2.00. The first-order valence-electron chi connectivity index (χ1n) is 5.12. The van der Waals surface area contributed by atoms with Crippen LogP contribution in [0.5, 0.6) is 5.75 Å². The summed E-state index contributed by atoms with van der Waals surface area (Å²) in [6.45, 7) is 0.641. The van der Waals surface area contributed by atoms with Gasteiger partial charge >= 0.3 is 0 Å². The van der Waals surface area contributed by atoms with Crippen molar-refractivity contribution >= 4 is 28.9 Å². The molecule has 0 saturated heterocycles. The van der Waals surface area contributed by atoms with E-state index in [2.05, 4.69) is 5.32 Å². The van der Waals surface area contributed by atoms with Gasteiger partial charge in [0.1, 0.15) is 5.75 Å². The van der Waals surface area contributed by atoms with E-state index in [4.69, 9.17) is 28.3 Å². The summed E-state index contributed by atoms with van der Waals surface area (Å²) in [5.41, 5.74) is 1.90. The van der Waals surface area contributed by atoms with E-state index in [0.717, 1.165) is 11.3 Å². The van der Waals surface area contributed by atoms with Crippen molar-refractivity contribution in [3.63, 3.8) is 0 Å². The summed E-state index contributed by atoms with van der Waals surface area (Å²) >= 11 is 11.8. The van der Waals surface area contributed by atoms with Crippen LogP contribution in [0.4, 0.5) is 5.69 Å². The summed E-state index contributed by atoms with van der Waals surface area (Å²) in [5, 5.41) is 13.6. The first-order chi connectivity index (χ1) is 8.15. The highest BCUT2D eigenvalue weighted by Crippen LogP contribution is 2.25. The molecular formula is C13H11Cl2NO. The second kappa shape index (κ2) is 5.30. The van der Waals surface area contributed by atoms with Crippen LogP contribution in [0.15, 0.2) is 42.5 Å². The first kappa shape index (κ1) is 12.1. The van der Waals surface area contributed by atoms with Crippen LogP contribution >= 0.6 is 23.2 Å². The van der Waals surface area contributed by atoms with Crippen molar-refractivity contribution < 1.29 is 5.11 Å². The quantitative estimate of drug-likeness (QED) is 0.869. The minimum Gasteiger partial charge on any atom is -0.508 e. The van der Waals surface area contributed by atoms with Gasteiger partial charge in [0.25, 0.3) is 0 Å². The molecule has 0 spiro atoms. The zero-order chi connectivity index (χ0) is 12.3. The maximum Gasteiger partial charge on any atom is 0.115 e. The van der Waals surface area contributed by atoms with Crippen molar-refractivity contribution in [2.45, 2.75) is 6.54 Å². The molecule has 17 heavy (non-hydrogen) atoms. The molecule has 2 N–H and O–H groups in total. The molecule has 0 aromatic heterocycles. The molecule has 0 saturated carbocycles. The Hall–Kier alpha value is -1.38. The molecule has 0 aliphatic rings. The maximum absolute atomic E-state index is 9.16. The number of rotatable bonds is 3. The van der Waals surface area contributed by atoms with Crippen LogP contribution in [0.25, 0.3) is 0 Å². The van der Waals surface area contributed by atoms with Crippen molar-refractivity contribution in [1.29, 1.82) is 0 Å². The molecule has 0 radical (unpaired) electrons. The highest BCUT2D eigenvalue weighted by molar-refractivity contribution is 6.36. The molecule has 88 valence electrons. The summed E-state index contributed by atoms with van der Waals surface area (Å²) in [6.07, 6.45) is 0. The van der Waals surface area contributed by atoms with Gasteiger partial charge < -0.3 is 10.4 Å². The normalized spacial score (nSPS) is 10.2. The molecule has 0 amide bonds. The minimum atomic E-state index is 0.262. The van der Waals surface area contributed by atoms with Crippen LogP contribution in [0.2, 0.25) is 10.0 Å². The molecule has 0 fully saturated rings. The van der Waals surface area contributed by atoms with Gasteiger partial charge in [0.2, 0.25) is 0 Å². The molecule has 0 unspecified atom stereocenters. The van der Waals surface area contributed by atoms with E-state index in [9.17, 15) is 0 Å². The molecule has 0 aliphatic carbocycles. The average molecular weight is 268 g/mol. The van der Waals surface area contributed by atoms with Gasteiger partial charge in [-0.25, -0.2) is 0 Å². The van der Waals surface area contributed by atoms with Crippen LogP contribution < -0.4 is 5.32 Å². The smallest absolute Gasteiger partial charge is 0.115 e. The number of phenols is 1. The van der Waals surface area contributed by atoms with Gasteiger partial charge in [-0.05, 0) is 35.9 Å². The number of hydrogen-bond donors (Lipinski definition) is 2. The Morgan fingerprint density at radius 2 is 1.71 bits per heavy atom. The van der Waals surface area contributed by atoms with E-state index in [1.54, 1.807) is 24.3 Å². The standard InChI is InChI=1S/C13H11Cl2NO/c14-10-3-6-13(12(15)7-10)16-8-9-1-4-11(17)5-2-9/h1-7,16-17H,8H2. The van der Waals surface area contributed by atoms with Gasteiger partial charge in [-0.2, -0.15) is 0 Å². The molecule has 2 nitrogen and oxygen atoms in total. The number of nitrogens with one attached hydrogen (secondary N) is 1. The van der Waals surface area contributed by atoms with Crippen LogP contribution in [0.3, 0.4) is 0 Å². The Balaban J connectivity index is 2.04. The first-order valence-corrected chi connectivity index (χ1v) is 5.87. The van der Waals surface area contributed by atoms with Crippen molar-refractivity contribution in [2.24, 2.45) is 0 Å². The van der Waals surface area contributed by atoms with Crippen molar-refractivity contribution in [3.05, 3.63) is 58.1 Å². The van der Waals surface area contributed by atoms with E-state index < -0.39 is 0 Å². The zero-order valence-corrected chi connectivity index (χ0v) is 10.5. The topological polar surface area (TPSA) is 32.3 Å². The lowest BCUT2D eigenvalue weighted by atomic mass is 10.2. The van der Waals surface area contributed by atoms with Crippen molar-refractivity contribution in [2.75, 3.05) is 5.32 Å². The largest absolute Gasteiger partial charge is 0.508 e. The molecule has 0 heterocycles. The lowest BCUT2D eigenvalue weighted by molar-refractivity contribution is 0.475. The molecule has 2 aromatic carbocycles. The van der Waals surface area contributed by atoms with Crippen LogP contribution in [0, 0.1) is 0 Å². The number of halogens is 2. The van der Waals surface area contributed by atoms with Crippen LogP contribution in [-0.4, -0.2) is 5.11 Å². The molecule has 0 atom stereocenters. The molecule has 4 heteroatoms. The predicted octanol–water partition coefficient (Wildman–Crippen LogP) is 4.31. The Kier molecular flexibility index (Phi) is 3.77. The van der Waals surface area contributed by atoms with Crippen LogP contribution in [0.1, 0.15) is 5.56 Å². The second-order valence-corrected chi connectivity index (χ2v) is 4.49. The van der Waals surface area contributed by atoms with Gasteiger partial charge in [-0.1, -0.05) is 35.3 Å². The maximum atomic E-state index is 9.16. The van der Waals surface area contributed by atoms with Gasteiger partial charge in [-0.15, -0.1) is 0 Å². The van der Waals surface area contributed by atoms with Crippen LogP contribution in [-0.2, 0) is 6.54 Å². The third-order valence-corrected chi connectivity index (χ3v) is 2.90. The van der Waals surface area contributed by atoms with E-state index >= 15 is 0 Å². The SMILES string of the molecule is Oc1ccc(CNc2ccc(Cl)cc2Cl)cc1. The van der Waals surface area contributed by atoms with E-state index in [1.165, 1.54) is 0 Å². The van der Waals surface area contributed by atoms with Gasteiger partial charge in [0, 0.05) is 11.6 Å². The van der Waals surface area contributed by atoms with Gasteiger partial charge in [-0.3, -0.25) is 0 Å². The molecular weight excluding hydrogens is 257 g/mol. The van der Waals surface area contributed by atoms with Gasteiger partial charge in [0.15, 0.2) is 0 Å². The average Bonchev–Trinajstić information content (AvgIpc) is 2.30. The molecule has 0 aliphatic heterocycles. The number of benzene rings is 2. The second-order valence-electron chi connectivity index (χ2n) is 3.64. The van der Waals surface area contributed by atoms with E-state index in [0.29, 0.717) is 16.6 Å². The summed E-state index contributed by atoms with van der Waals surface area (Å²) < 4.78 is 0. The fourth-order valence-electron chi connectivity index (χ4n) is 1.44. The summed E-state index contributed by atoms with van der Waals surface area (Å²) in [7, 11) is 0.